The molecule has 0 radical (unpaired) electrons. The molecular formula is C21H25NO2S. The van der Waals surface area contributed by atoms with E-state index in [1.807, 2.05) is 49.4 Å². The second-order valence-corrected chi connectivity index (χ2v) is 6.83. The number of carbonyl (C=O) groups is 1. The van der Waals surface area contributed by atoms with Crippen LogP contribution in [0.15, 0.2) is 77.2 Å². The molecule has 3 nitrogen and oxygen atoms in total. The lowest BCUT2D eigenvalue weighted by Crippen LogP contribution is -2.27. The van der Waals surface area contributed by atoms with E-state index in [-0.39, 0.29) is 5.97 Å². The molecule has 0 atom stereocenters. The number of carbonyl (C=O) groups excluding carboxylic acids is 1. The maximum atomic E-state index is 11.7. The quantitative estimate of drug-likeness (QED) is 0.577. The summed E-state index contributed by atoms with van der Waals surface area (Å²) in [7, 11) is 0. The Balaban J connectivity index is 0.000000316. The molecule has 0 amide bonds. The summed E-state index contributed by atoms with van der Waals surface area (Å²) < 4.78 is 7.26. The highest BCUT2D eigenvalue weighted by molar-refractivity contribution is 7.97. The van der Waals surface area contributed by atoms with E-state index in [0.717, 1.165) is 18.5 Å². The maximum Gasteiger partial charge on any atom is 0.335 e. The molecule has 0 aliphatic carbocycles. The molecule has 2 aromatic carbocycles. The van der Waals surface area contributed by atoms with Gasteiger partial charge in [-0.15, -0.1) is 0 Å². The van der Waals surface area contributed by atoms with Crippen molar-refractivity contribution < 1.29 is 9.53 Å². The van der Waals surface area contributed by atoms with E-state index in [1.165, 1.54) is 10.5 Å². The highest BCUT2D eigenvalue weighted by Crippen LogP contribution is 2.26. The molecule has 2 aromatic rings. The van der Waals surface area contributed by atoms with Gasteiger partial charge in [-0.05, 0) is 44.3 Å². The zero-order valence-corrected chi connectivity index (χ0v) is 15.7. The van der Waals surface area contributed by atoms with Gasteiger partial charge in [0.25, 0.3) is 0 Å². The highest BCUT2D eigenvalue weighted by Gasteiger charge is 2.19. The summed E-state index contributed by atoms with van der Waals surface area (Å²) >= 11 is 1.70. The summed E-state index contributed by atoms with van der Waals surface area (Å²) in [6, 6.07) is 20.4. The minimum atomic E-state index is -0.184. The van der Waals surface area contributed by atoms with Crippen LogP contribution in [0.1, 0.15) is 18.9 Å². The number of rotatable bonds is 4. The SMILES string of the molecule is CCOC(=O)C1=CCCN(Sc2ccc(C)cc2)C1.c1ccccc1. The fourth-order valence-electron chi connectivity index (χ4n) is 2.30. The van der Waals surface area contributed by atoms with Crippen LogP contribution in [0, 0.1) is 6.92 Å². The van der Waals surface area contributed by atoms with Gasteiger partial charge in [-0.25, -0.2) is 9.10 Å². The predicted molar refractivity (Wildman–Crippen MR) is 104 cm³/mol. The van der Waals surface area contributed by atoms with Crippen LogP contribution in [0.3, 0.4) is 0 Å². The first kappa shape index (κ1) is 19.3. The normalized spacial score (nSPS) is 14.1. The van der Waals surface area contributed by atoms with Gasteiger partial charge in [0.1, 0.15) is 0 Å². The van der Waals surface area contributed by atoms with Crippen LogP contribution in [-0.2, 0) is 9.53 Å². The molecule has 0 bridgehead atoms. The van der Waals surface area contributed by atoms with Crippen molar-refractivity contribution in [3.63, 3.8) is 0 Å². The summed E-state index contributed by atoms with van der Waals surface area (Å²) in [4.78, 5) is 12.9. The minimum Gasteiger partial charge on any atom is -0.463 e. The summed E-state index contributed by atoms with van der Waals surface area (Å²) in [6.07, 6.45) is 2.89. The molecule has 1 aliphatic heterocycles. The Morgan fingerprint density at radius 1 is 1.08 bits per heavy atom. The van der Waals surface area contributed by atoms with Gasteiger partial charge < -0.3 is 4.74 Å². The van der Waals surface area contributed by atoms with E-state index < -0.39 is 0 Å². The fourth-order valence-corrected chi connectivity index (χ4v) is 3.26. The Labute approximate surface area is 154 Å². The van der Waals surface area contributed by atoms with Crippen LogP contribution in [0.4, 0.5) is 0 Å². The molecule has 0 spiro atoms. The van der Waals surface area contributed by atoms with Crippen LogP contribution in [0.25, 0.3) is 0 Å². The number of hydrogen-bond donors (Lipinski definition) is 0. The van der Waals surface area contributed by atoms with Gasteiger partial charge in [-0.3, -0.25) is 0 Å². The highest BCUT2D eigenvalue weighted by atomic mass is 32.2. The van der Waals surface area contributed by atoms with Gasteiger partial charge in [0.05, 0.1) is 6.61 Å². The van der Waals surface area contributed by atoms with Gasteiger partial charge >= 0.3 is 5.97 Å². The molecule has 0 fully saturated rings. The number of benzene rings is 2. The third-order valence-electron chi connectivity index (χ3n) is 3.58. The Morgan fingerprint density at radius 3 is 2.24 bits per heavy atom. The topological polar surface area (TPSA) is 29.5 Å². The molecule has 132 valence electrons. The third kappa shape index (κ3) is 7.16. The van der Waals surface area contributed by atoms with Crippen LogP contribution in [0.2, 0.25) is 0 Å². The number of aryl methyl sites for hydroxylation is 1. The largest absolute Gasteiger partial charge is 0.463 e. The lowest BCUT2D eigenvalue weighted by molar-refractivity contribution is -0.138. The number of nitrogens with zero attached hydrogens (tertiary/aromatic N) is 1. The van der Waals surface area contributed by atoms with Crippen molar-refractivity contribution in [1.29, 1.82) is 0 Å². The van der Waals surface area contributed by atoms with Crippen molar-refractivity contribution in [3.8, 4) is 0 Å². The molecule has 25 heavy (non-hydrogen) atoms. The average Bonchev–Trinajstić information content (AvgIpc) is 2.66. The average molecular weight is 356 g/mol. The Kier molecular flexibility index (Phi) is 8.29. The number of esters is 1. The van der Waals surface area contributed by atoms with Gasteiger partial charge in [-0.1, -0.05) is 60.2 Å². The van der Waals surface area contributed by atoms with Gasteiger partial charge in [0, 0.05) is 23.6 Å². The third-order valence-corrected chi connectivity index (χ3v) is 4.63. The molecule has 3 rings (SSSR count). The summed E-state index contributed by atoms with van der Waals surface area (Å²) in [5.74, 6) is -0.184. The molecule has 0 saturated carbocycles. The van der Waals surface area contributed by atoms with Crippen LogP contribution in [0.5, 0.6) is 0 Å². The first-order chi connectivity index (χ1) is 12.2. The number of ether oxygens (including phenoxy) is 1. The minimum absolute atomic E-state index is 0.184. The zero-order chi connectivity index (χ0) is 17.9. The van der Waals surface area contributed by atoms with Gasteiger partial charge in [0.2, 0.25) is 0 Å². The molecule has 0 saturated heterocycles. The second kappa shape index (κ2) is 10.7. The van der Waals surface area contributed by atoms with Crippen molar-refractivity contribution in [2.24, 2.45) is 0 Å². The number of hydrogen-bond acceptors (Lipinski definition) is 4. The molecule has 1 heterocycles. The van der Waals surface area contributed by atoms with E-state index >= 15 is 0 Å². The van der Waals surface area contributed by atoms with E-state index in [0.29, 0.717) is 13.2 Å². The maximum absolute atomic E-state index is 11.7. The van der Waals surface area contributed by atoms with Crippen LogP contribution >= 0.6 is 11.9 Å². The monoisotopic (exact) mass is 355 g/mol. The van der Waals surface area contributed by atoms with Crippen molar-refractivity contribution in [2.45, 2.75) is 25.2 Å². The van der Waals surface area contributed by atoms with E-state index in [9.17, 15) is 4.79 Å². The second-order valence-electron chi connectivity index (χ2n) is 5.66. The molecule has 0 N–H and O–H groups in total. The molecule has 1 aliphatic rings. The van der Waals surface area contributed by atoms with Gasteiger partial charge in [0.15, 0.2) is 0 Å². The van der Waals surface area contributed by atoms with E-state index in [2.05, 4.69) is 35.5 Å². The lowest BCUT2D eigenvalue weighted by atomic mass is 10.1. The van der Waals surface area contributed by atoms with Crippen molar-refractivity contribution in [3.05, 3.63) is 77.9 Å². The lowest BCUT2D eigenvalue weighted by Gasteiger charge is -2.25. The van der Waals surface area contributed by atoms with Crippen molar-refractivity contribution >= 4 is 17.9 Å². The Morgan fingerprint density at radius 2 is 1.68 bits per heavy atom. The summed E-state index contributed by atoms with van der Waals surface area (Å²) in [6.45, 7) is 5.96. The zero-order valence-electron chi connectivity index (χ0n) is 14.9. The first-order valence-electron chi connectivity index (χ1n) is 8.55. The predicted octanol–water partition coefficient (Wildman–Crippen LogP) is 4.88. The molecule has 0 aromatic heterocycles. The smallest absolute Gasteiger partial charge is 0.335 e. The summed E-state index contributed by atoms with van der Waals surface area (Å²) in [5, 5.41) is 0. The molecular weight excluding hydrogens is 330 g/mol. The van der Waals surface area contributed by atoms with Gasteiger partial charge in [-0.2, -0.15) is 0 Å². The summed E-state index contributed by atoms with van der Waals surface area (Å²) in [5.41, 5.74) is 2.03. The standard InChI is InChI=1S/C15H19NO2S.C6H6/c1-3-18-15(17)13-5-4-10-16(11-13)19-14-8-6-12(2)7-9-14;1-2-4-6-5-3-1/h5-9H,3-4,10-11H2,1-2H3;1-6H. The van der Waals surface area contributed by atoms with Crippen LogP contribution in [-0.4, -0.2) is 30.0 Å². The van der Waals surface area contributed by atoms with E-state index in [1.54, 1.807) is 11.9 Å². The van der Waals surface area contributed by atoms with E-state index in [4.69, 9.17) is 4.74 Å². The molecule has 4 heteroatoms. The molecule has 0 unspecified atom stereocenters. The fraction of sp³-hybridized carbons (Fsp3) is 0.286. The Hall–Kier alpha value is -2.04. The van der Waals surface area contributed by atoms with Crippen LogP contribution < -0.4 is 0 Å². The first-order valence-corrected chi connectivity index (χ1v) is 9.32. The Bertz CT molecular complexity index is 641. The van der Waals surface area contributed by atoms with Crippen molar-refractivity contribution in [2.75, 3.05) is 19.7 Å². The van der Waals surface area contributed by atoms with Crippen molar-refractivity contribution in [1.82, 2.24) is 4.31 Å².